The molecule has 0 fully saturated rings. The summed E-state index contributed by atoms with van der Waals surface area (Å²) in [5, 5.41) is 9.62. The standard InChI is InChI=1S/C17H16ClN3O2S/c1-11-15(8-21(2)20-11)19-17(22)16-6-12(10-24-16)9-23-14-5-3-4-13(18)7-14/h3-8,10H,9H2,1-2H3,(H,19,22). The number of nitrogens with zero attached hydrogens (tertiary/aromatic N) is 2. The first kappa shape index (κ1) is 16.5. The minimum Gasteiger partial charge on any atom is -0.489 e. The highest BCUT2D eigenvalue weighted by molar-refractivity contribution is 7.12. The molecule has 124 valence electrons. The minimum atomic E-state index is -0.148. The molecule has 3 rings (SSSR count). The van der Waals surface area contributed by atoms with E-state index in [0.29, 0.717) is 27.9 Å². The number of aromatic nitrogens is 2. The Hall–Kier alpha value is -2.31. The zero-order valence-electron chi connectivity index (χ0n) is 13.2. The number of nitrogens with one attached hydrogen (secondary N) is 1. The molecular weight excluding hydrogens is 346 g/mol. The highest BCUT2D eigenvalue weighted by Gasteiger charge is 2.12. The lowest BCUT2D eigenvalue weighted by molar-refractivity contribution is 0.103. The predicted molar refractivity (Wildman–Crippen MR) is 96.0 cm³/mol. The molecule has 0 unspecified atom stereocenters. The lowest BCUT2D eigenvalue weighted by Crippen LogP contribution is -2.10. The van der Waals surface area contributed by atoms with Gasteiger partial charge in [0.25, 0.3) is 5.91 Å². The molecule has 1 aromatic carbocycles. The first-order valence-corrected chi connectivity index (χ1v) is 8.54. The van der Waals surface area contributed by atoms with Crippen molar-refractivity contribution < 1.29 is 9.53 Å². The van der Waals surface area contributed by atoms with Crippen molar-refractivity contribution in [1.29, 1.82) is 0 Å². The third-order valence-corrected chi connectivity index (χ3v) is 4.55. The Kier molecular flexibility index (Phi) is 4.87. The van der Waals surface area contributed by atoms with Gasteiger partial charge in [0.15, 0.2) is 0 Å². The molecule has 1 N–H and O–H groups in total. The maximum Gasteiger partial charge on any atom is 0.265 e. The van der Waals surface area contributed by atoms with Crippen LogP contribution in [0.3, 0.4) is 0 Å². The molecule has 0 saturated carbocycles. The number of hydrogen-bond donors (Lipinski definition) is 1. The second-order valence-electron chi connectivity index (χ2n) is 5.32. The van der Waals surface area contributed by atoms with Crippen molar-refractivity contribution >= 4 is 34.5 Å². The van der Waals surface area contributed by atoms with Crippen LogP contribution in [0.4, 0.5) is 5.69 Å². The van der Waals surface area contributed by atoms with Gasteiger partial charge in [0.1, 0.15) is 12.4 Å². The quantitative estimate of drug-likeness (QED) is 0.738. The Morgan fingerprint density at radius 3 is 2.96 bits per heavy atom. The number of amides is 1. The number of thiophene rings is 1. The fourth-order valence-electron chi connectivity index (χ4n) is 2.20. The minimum absolute atomic E-state index is 0.148. The first-order valence-electron chi connectivity index (χ1n) is 7.28. The van der Waals surface area contributed by atoms with E-state index in [1.165, 1.54) is 11.3 Å². The summed E-state index contributed by atoms with van der Waals surface area (Å²) in [5.74, 6) is 0.552. The number of rotatable bonds is 5. The number of ether oxygens (including phenoxy) is 1. The fraction of sp³-hybridized carbons (Fsp3) is 0.176. The monoisotopic (exact) mass is 361 g/mol. The van der Waals surface area contributed by atoms with Gasteiger partial charge in [0.05, 0.1) is 16.3 Å². The Labute approximate surface area is 148 Å². The number of anilines is 1. The van der Waals surface area contributed by atoms with Gasteiger partial charge in [-0.05, 0) is 36.6 Å². The summed E-state index contributed by atoms with van der Waals surface area (Å²) in [5.41, 5.74) is 2.44. The van der Waals surface area contributed by atoms with Gasteiger partial charge in [-0.15, -0.1) is 11.3 Å². The Morgan fingerprint density at radius 2 is 2.25 bits per heavy atom. The lowest BCUT2D eigenvalue weighted by atomic mass is 10.3. The maximum atomic E-state index is 12.3. The normalized spacial score (nSPS) is 10.6. The Balaban J connectivity index is 1.62. The molecule has 24 heavy (non-hydrogen) atoms. The predicted octanol–water partition coefficient (Wildman–Crippen LogP) is 4.27. The molecular formula is C17H16ClN3O2S. The highest BCUT2D eigenvalue weighted by atomic mass is 35.5. The third-order valence-electron chi connectivity index (χ3n) is 3.34. The van der Waals surface area contributed by atoms with E-state index in [1.807, 2.05) is 37.6 Å². The average Bonchev–Trinajstić information content (AvgIpc) is 3.12. The summed E-state index contributed by atoms with van der Waals surface area (Å²) in [6.45, 7) is 2.24. The smallest absolute Gasteiger partial charge is 0.265 e. The Bertz CT molecular complexity index is 872. The molecule has 0 aliphatic carbocycles. The van der Waals surface area contributed by atoms with Gasteiger partial charge < -0.3 is 10.1 Å². The van der Waals surface area contributed by atoms with Crippen molar-refractivity contribution in [1.82, 2.24) is 9.78 Å². The van der Waals surface area contributed by atoms with E-state index in [1.54, 1.807) is 23.0 Å². The zero-order chi connectivity index (χ0) is 17.1. The van der Waals surface area contributed by atoms with E-state index in [4.69, 9.17) is 16.3 Å². The van der Waals surface area contributed by atoms with Gasteiger partial charge in [-0.1, -0.05) is 17.7 Å². The molecule has 2 aromatic heterocycles. The number of carbonyl (C=O) groups excluding carboxylic acids is 1. The van der Waals surface area contributed by atoms with Gasteiger partial charge in [0, 0.05) is 23.8 Å². The topological polar surface area (TPSA) is 56.2 Å². The molecule has 0 bridgehead atoms. The van der Waals surface area contributed by atoms with Crippen LogP contribution in [0.1, 0.15) is 20.9 Å². The fourth-order valence-corrected chi connectivity index (χ4v) is 3.17. The van der Waals surface area contributed by atoms with E-state index < -0.39 is 0 Å². The number of halogens is 1. The van der Waals surface area contributed by atoms with Gasteiger partial charge >= 0.3 is 0 Å². The van der Waals surface area contributed by atoms with Crippen LogP contribution in [0.2, 0.25) is 5.02 Å². The molecule has 0 radical (unpaired) electrons. The largest absolute Gasteiger partial charge is 0.489 e. The van der Waals surface area contributed by atoms with Crippen molar-refractivity contribution in [2.45, 2.75) is 13.5 Å². The van der Waals surface area contributed by atoms with E-state index in [0.717, 1.165) is 11.3 Å². The van der Waals surface area contributed by atoms with Gasteiger partial charge in [-0.2, -0.15) is 5.10 Å². The number of carbonyl (C=O) groups is 1. The van der Waals surface area contributed by atoms with Crippen molar-refractivity contribution in [3.63, 3.8) is 0 Å². The summed E-state index contributed by atoms with van der Waals surface area (Å²) >= 11 is 7.31. The SMILES string of the molecule is Cc1nn(C)cc1NC(=O)c1cc(COc2cccc(Cl)c2)cs1. The number of benzene rings is 1. The molecule has 2 heterocycles. The van der Waals surface area contributed by atoms with Crippen LogP contribution in [0.25, 0.3) is 0 Å². The second-order valence-corrected chi connectivity index (χ2v) is 6.67. The van der Waals surface area contributed by atoms with Gasteiger partial charge in [0.2, 0.25) is 0 Å². The van der Waals surface area contributed by atoms with E-state index in [2.05, 4.69) is 10.4 Å². The van der Waals surface area contributed by atoms with Gasteiger partial charge in [-0.3, -0.25) is 9.48 Å². The van der Waals surface area contributed by atoms with Crippen LogP contribution in [0.5, 0.6) is 5.75 Å². The van der Waals surface area contributed by atoms with Crippen molar-refractivity contribution in [3.05, 3.63) is 63.1 Å². The van der Waals surface area contributed by atoms with Crippen LogP contribution in [0.15, 0.2) is 41.9 Å². The Morgan fingerprint density at radius 1 is 1.42 bits per heavy atom. The van der Waals surface area contributed by atoms with Crippen LogP contribution < -0.4 is 10.1 Å². The van der Waals surface area contributed by atoms with Crippen molar-refractivity contribution in [3.8, 4) is 5.75 Å². The zero-order valence-corrected chi connectivity index (χ0v) is 14.8. The molecule has 0 spiro atoms. The molecule has 0 aliphatic heterocycles. The molecule has 5 nitrogen and oxygen atoms in total. The summed E-state index contributed by atoms with van der Waals surface area (Å²) in [6, 6.07) is 9.06. The first-order chi connectivity index (χ1) is 11.5. The number of aryl methyl sites for hydroxylation is 2. The van der Waals surface area contributed by atoms with Crippen molar-refractivity contribution in [2.75, 3.05) is 5.32 Å². The van der Waals surface area contributed by atoms with Crippen LogP contribution >= 0.6 is 22.9 Å². The maximum absolute atomic E-state index is 12.3. The molecule has 7 heteroatoms. The molecule has 1 amide bonds. The summed E-state index contributed by atoms with van der Waals surface area (Å²) < 4.78 is 7.35. The second kappa shape index (κ2) is 7.07. The van der Waals surface area contributed by atoms with Crippen molar-refractivity contribution in [2.24, 2.45) is 7.05 Å². The number of hydrogen-bond acceptors (Lipinski definition) is 4. The van der Waals surface area contributed by atoms with E-state index in [-0.39, 0.29) is 5.91 Å². The lowest BCUT2D eigenvalue weighted by Gasteiger charge is -2.04. The van der Waals surface area contributed by atoms with Gasteiger partial charge in [-0.25, -0.2) is 0 Å². The molecule has 0 aliphatic rings. The van der Waals surface area contributed by atoms with Crippen LogP contribution in [0, 0.1) is 6.92 Å². The van der Waals surface area contributed by atoms with Crippen LogP contribution in [-0.2, 0) is 13.7 Å². The summed E-state index contributed by atoms with van der Waals surface area (Å²) in [7, 11) is 1.82. The van der Waals surface area contributed by atoms with E-state index >= 15 is 0 Å². The molecule has 3 aromatic rings. The summed E-state index contributed by atoms with van der Waals surface area (Å²) in [6.07, 6.45) is 1.78. The highest BCUT2D eigenvalue weighted by Crippen LogP contribution is 2.21. The average molecular weight is 362 g/mol. The summed E-state index contributed by atoms with van der Waals surface area (Å²) in [4.78, 5) is 12.9. The third kappa shape index (κ3) is 3.96. The molecule has 0 atom stereocenters. The van der Waals surface area contributed by atoms with Crippen LogP contribution in [-0.4, -0.2) is 15.7 Å². The molecule has 0 saturated heterocycles. The van der Waals surface area contributed by atoms with E-state index in [9.17, 15) is 4.79 Å².